The van der Waals surface area contributed by atoms with Crippen LogP contribution in [0.3, 0.4) is 0 Å². The van der Waals surface area contributed by atoms with Gasteiger partial charge in [0.2, 0.25) is 5.91 Å². The second-order valence-corrected chi connectivity index (χ2v) is 9.56. The molecule has 0 radical (unpaired) electrons. The van der Waals surface area contributed by atoms with Gasteiger partial charge in [0.1, 0.15) is 0 Å². The fourth-order valence-electron chi connectivity index (χ4n) is 5.13. The lowest BCUT2D eigenvalue weighted by Crippen LogP contribution is -2.29. The molecule has 1 fully saturated rings. The maximum Gasteiger partial charge on any atom is 0.221 e. The van der Waals surface area contributed by atoms with E-state index in [1.165, 1.54) is 29.4 Å². The normalized spacial score (nSPS) is 17.2. The molecule has 1 saturated heterocycles. The van der Waals surface area contributed by atoms with Gasteiger partial charge in [0, 0.05) is 41.6 Å². The lowest BCUT2D eigenvalue weighted by atomic mass is 9.96. The van der Waals surface area contributed by atoms with Crippen molar-refractivity contribution in [3.8, 4) is 5.69 Å². The number of thiocarbonyl (C=S) groups is 1. The monoisotopic (exact) mass is 495 g/mol. The van der Waals surface area contributed by atoms with E-state index in [-0.39, 0.29) is 18.0 Å². The van der Waals surface area contributed by atoms with Crippen molar-refractivity contribution in [2.75, 3.05) is 10.2 Å². The van der Waals surface area contributed by atoms with E-state index in [9.17, 15) is 4.79 Å². The summed E-state index contributed by atoms with van der Waals surface area (Å²) in [5, 5.41) is 7.01. The minimum absolute atomic E-state index is 0.0992. The van der Waals surface area contributed by atoms with Crippen molar-refractivity contribution < 1.29 is 4.79 Å². The molecular weight excluding hydrogens is 466 g/mol. The van der Waals surface area contributed by atoms with Crippen molar-refractivity contribution in [1.82, 2.24) is 14.9 Å². The average molecular weight is 496 g/mol. The molecule has 0 unspecified atom stereocenters. The van der Waals surface area contributed by atoms with Crippen molar-refractivity contribution in [2.24, 2.45) is 0 Å². The maximum atomic E-state index is 11.5. The molecule has 36 heavy (non-hydrogen) atoms. The van der Waals surface area contributed by atoms with E-state index >= 15 is 0 Å². The molecular formula is C29H29N5OS. The first kappa shape index (κ1) is 23.8. The molecule has 3 heterocycles. The molecule has 1 aliphatic heterocycles. The number of rotatable bonds is 5. The number of para-hydroxylation sites is 1. The second-order valence-electron chi connectivity index (χ2n) is 9.17. The summed E-state index contributed by atoms with van der Waals surface area (Å²) in [6, 6.07) is 24.2. The summed E-state index contributed by atoms with van der Waals surface area (Å²) >= 11 is 5.89. The number of aromatic nitrogens is 2. The molecule has 4 aromatic rings. The zero-order chi connectivity index (χ0) is 25.4. The Balaban J connectivity index is 1.64. The third-order valence-corrected chi connectivity index (χ3v) is 7.02. The SMILES string of the molecule is CC(=O)Nc1ccc(N2C(=S)N[C@H](c3ccccn3)[C@@H]2c2cc(C)n(-c3ccccc3C)c2C)cc1. The van der Waals surface area contributed by atoms with Gasteiger partial charge in [0.25, 0.3) is 0 Å². The highest BCUT2D eigenvalue weighted by atomic mass is 32.1. The molecule has 2 N–H and O–H groups in total. The molecule has 7 heteroatoms. The second kappa shape index (κ2) is 9.59. The van der Waals surface area contributed by atoms with E-state index in [0.717, 1.165) is 22.8 Å². The van der Waals surface area contributed by atoms with Crippen molar-refractivity contribution >= 4 is 34.6 Å². The van der Waals surface area contributed by atoms with Crippen molar-refractivity contribution in [3.05, 3.63) is 107 Å². The van der Waals surface area contributed by atoms with Crippen molar-refractivity contribution in [3.63, 3.8) is 0 Å². The molecule has 1 amide bonds. The first-order valence-corrected chi connectivity index (χ1v) is 12.4. The van der Waals surface area contributed by atoms with Gasteiger partial charge in [-0.2, -0.15) is 0 Å². The number of benzene rings is 2. The molecule has 5 rings (SSSR count). The predicted molar refractivity (Wildman–Crippen MR) is 149 cm³/mol. The smallest absolute Gasteiger partial charge is 0.221 e. The van der Waals surface area contributed by atoms with Gasteiger partial charge in [0.05, 0.1) is 17.8 Å². The predicted octanol–water partition coefficient (Wildman–Crippen LogP) is 5.93. The highest BCUT2D eigenvalue weighted by Gasteiger charge is 2.42. The van der Waals surface area contributed by atoms with E-state index < -0.39 is 0 Å². The van der Waals surface area contributed by atoms with Crippen LogP contribution in [0.4, 0.5) is 11.4 Å². The third kappa shape index (κ3) is 4.27. The van der Waals surface area contributed by atoms with E-state index in [4.69, 9.17) is 12.2 Å². The molecule has 1 aliphatic rings. The number of carbonyl (C=O) groups excluding carboxylic acids is 1. The summed E-state index contributed by atoms with van der Waals surface area (Å²) in [5.41, 5.74) is 8.54. The van der Waals surface area contributed by atoms with Crippen LogP contribution >= 0.6 is 12.2 Å². The van der Waals surface area contributed by atoms with Gasteiger partial charge < -0.3 is 20.1 Å². The topological polar surface area (TPSA) is 62.2 Å². The van der Waals surface area contributed by atoms with E-state index in [0.29, 0.717) is 5.11 Å². The van der Waals surface area contributed by atoms with Gasteiger partial charge in [-0.15, -0.1) is 0 Å². The van der Waals surface area contributed by atoms with E-state index in [2.05, 4.69) is 76.2 Å². The molecule has 0 saturated carbocycles. The van der Waals surface area contributed by atoms with Crippen LogP contribution in [0.5, 0.6) is 0 Å². The van der Waals surface area contributed by atoms with Crippen LogP contribution in [0.2, 0.25) is 0 Å². The first-order chi connectivity index (χ1) is 17.3. The van der Waals surface area contributed by atoms with Crippen LogP contribution in [-0.2, 0) is 4.79 Å². The van der Waals surface area contributed by atoms with E-state index in [1.54, 1.807) is 0 Å². The number of carbonyl (C=O) groups is 1. The molecule has 6 nitrogen and oxygen atoms in total. The Morgan fingerprint density at radius 1 is 1.00 bits per heavy atom. The van der Waals surface area contributed by atoms with Crippen LogP contribution in [0.15, 0.2) is 79.0 Å². The third-order valence-electron chi connectivity index (χ3n) is 6.71. The van der Waals surface area contributed by atoms with Crippen LogP contribution in [0, 0.1) is 20.8 Å². The number of aryl methyl sites for hydroxylation is 2. The highest BCUT2D eigenvalue weighted by Crippen LogP contribution is 2.44. The van der Waals surface area contributed by atoms with Gasteiger partial charge in [-0.3, -0.25) is 9.78 Å². The number of nitrogens with zero attached hydrogens (tertiary/aromatic N) is 3. The summed E-state index contributed by atoms with van der Waals surface area (Å²) < 4.78 is 2.32. The maximum absolute atomic E-state index is 11.5. The van der Waals surface area contributed by atoms with Crippen LogP contribution in [0.25, 0.3) is 5.69 Å². The molecule has 0 spiro atoms. The molecule has 2 aromatic carbocycles. The minimum atomic E-state index is -0.125. The van der Waals surface area contributed by atoms with Crippen molar-refractivity contribution in [2.45, 2.75) is 39.8 Å². The summed E-state index contributed by atoms with van der Waals surface area (Å²) in [6.45, 7) is 7.96. The van der Waals surface area contributed by atoms with Crippen LogP contribution < -0.4 is 15.5 Å². The molecule has 2 aromatic heterocycles. The molecule has 182 valence electrons. The molecule has 2 atom stereocenters. The number of nitrogens with one attached hydrogen (secondary N) is 2. The number of pyridine rings is 1. The lowest BCUT2D eigenvalue weighted by Gasteiger charge is -2.28. The van der Waals surface area contributed by atoms with Crippen LogP contribution in [0.1, 0.15) is 47.2 Å². The van der Waals surface area contributed by atoms with Gasteiger partial charge in [-0.1, -0.05) is 24.3 Å². The Morgan fingerprint density at radius 3 is 2.39 bits per heavy atom. The Labute approximate surface area is 217 Å². The summed E-state index contributed by atoms with van der Waals surface area (Å²) in [7, 11) is 0. The number of hydrogen-bond donors (Lipinski definition) is 2. The minimum Gasteiger partial charge on any atom is -0.351 e. The van der Waals surface area contributed by atoms with Crippen molar-refractivity contribution in [1.29, 1.82) is 0 Å². The zero-order valence-corrected chi connectivity index (χ0v) is 21.6. The summed E-state index contributed by atoms with van der Waals surface area (Å²) in [5.74, 6) is -0.0992. The average Bonchev–Trinajstić information content (AvgIpc) is 3.35. The van der Waals surface area contributed by atoms with Crippen LogP contribution in [-0.4, -0.2) is 20.6 Å². The largest absolute Gasteiger partial charge is 0.351 e. The summed E-state index contributed by atoms with van der Waals surface area (Å²) in [6.07, 6.45) is 1.82. The van der Waals surface area contributed by atoms with E-state index in [1.807, 2.05) is 48.7 Å². The standard InChI is InChI=1S/C29H29N5OS/c1-18-9-5-6-11-26(18)33-19(2)17-24(20(33)3)28-27(25-10-7-8-16-30-25)32-29(36)34(28)23-14-12-22(13-15-23)31-21(4)35/h5-17,27-28H,1-4H3,(H,31,35)(H,32,36)/t27-,28+/m1/s1. The Kier molecular flexibility index (Phi) is 6.33. The Morgan fingerprint density at radius 2 is 1.72 bits per heavy atom. The Bertz CT molecular complexity index is 1430. The molecule has 0 bridgehead atoms. The van der Waals surface area contributed by atoms with Gasteiger partial charge in [-0.05, 0) is 92.6 Å². The Hall–Kier alpha value is -3.97. The zero-order valence-electron chi connectivity index (χ0n) is 20.8. The van der Waals surface area contributed by atoms with Gasteiger partial charge in [-0.25, -0.2) is 0 Å². The lowest BCUT2D eigenvalue weighted by molar-refractivity contribution is -0.114. The number of anilines is 2. The number of amides is 1. The fourth-order valence-corrected chi connectivity index (χ4v) is 5.48. The van der Waals surface area contributed by atoms with Gasteiger partial charge >= 0.3 is 0 Å². The summed E-state index contributed by atoms with van der Waals surface area (Å²) in [4.78, 5) is 18.3. The first-order valence-electron chi connectivity index (χ1n) is 12.0. The van der Waals surface area contributed by atoms with Gasteiger partial charge in [0.15, 0.2) is 5.11 Å². The fraction of sp³-hybridized carbons (Fsp3) is 0.207. The molecule has 0 aliphatic carbocycles. The quantitative estimate of drug-likeness (QED) is 0.336. The highest BCUT2D eigenvalue weighted by molar-refractivity contribution is 7.80. The number of hydrogen-bond acceptors (Lipinski definition) is 3.